The van der Waals surface area contributed by atoms with Crippen molar-refractivity contribution < 1.29 is 4.39 Å². The normalized spacial score (nSPS) is 19.5. The Labute approximate surface area is 126 Å². The van der Waals surface area contributed by atoms with E-state index in [-0.39, 0.29) is 10.8 Å². The molecule has 0 radical (unpaired) electrons. The molecule has 0 aromatic heterocycles. The van der Waals surface area contributed by atoms with Crippen molar-refractivity contribution in [2.75, 3.05) is 26.2 Å². The summed E-state index contributed by atoms with van der Waals surface area (Å²) < 4.78 is 13.5. The Morgan fingerprint density at radius 1 is 1.45 bits per heavy atom. The summed E-state index contributed by atoms with van der Waals surface area (Å²) in [7, 11) is 0. The molecule has 112 valence electrons. The predicted molar refractivity (Wildman–Crippen MR) is 82.6 cm³/mol. The summed E-state index contributed by atoms with van der Waals surface area (Å²) in [4.78, 5) is 2.43. The molecule has 1 aromatic carbocycles. The molecule has 0 amide bonds. The van der Waals surface area contributed by atoms with Crippen molar-refractivity contribution in [1.29, 1.82) is 0 Å². The van der Waals surface area contributed by atoms with Crippen molar-refractivity contribution in [3.63, 3.8) is 0 Å². The zero-order valence-corrected chi connectivity index (χ0v) is 12.9. The average molecular weight is 299 g/mol. The molecule has 1 aromatic rings. The van der Waals surface area contributed by atoms with Crippen LogP contribution in [0.3, 0.4) is 0 Å². The summed E-state index contributed by atoms with van der Waals surface area (Å²) in [5.74, 6) is 0.396. The molecule has 1 N–H and O–H groups in total. The fourth-order valence-corrected chi connectivity index (χ4v) is 3.01. The monoisotopic (exact) mass is 298 g/mol. The second-order valence-corrected chi connectivity index (χ2v) is 6.10. The van der Waals surface area contributed by atoms with Gasteiger partial charge >= 0.3 is 0 Å². The van der Waals surface area contributed by atoms with E-state index in [1.165, 1.54) is 12.8 Å². The van der Waals surface area contributed by atoms with Gasteiger partial charge in [0.1, 0.15) is 5.82 Å². The largest absolute Gasteiger partial charge is 0.316 e. The van der Waals surface area contributed by atoms with Gasteiger partial charge in [-0.25, -0.2) is 4.39 Å². The third-order valence-electron chi connectivity index (χ3n) is 3.85. The zero-order valence-electron chi connectivity index (χ0n) is 12.2. The Balaban J connectivity index is 1.94. The molecule has 1 aliphatic heterocycles. The highest BCUT2D eigenvalue weighted by Crippen LogP contribution is 2.18. The first kappa shape index (κ1) is 15.7. The summed E-state index contributed by atoms with van der Waals surface area (Å²) in [6, 6.07) is 5.13. The number of hydrogen-bond donors (Lipinski definition) is 1. The van der Waals surface area contributed by atoms with Crippen LogP contribution in [-0.4, -0.2) is 31.1 Å². The van der Waals surface area contributed by atoms with E-state index in [4.69, 9.17) is 11.6 Å². The molecular formula is C16H24ClFN2. The van der Waals surface area contributed by atoms with Gasteiger partial charge in [0.25, 0.3) is 0 Å². The number of hydrogen-bond acceptors (Lipinski definition) is 2. The fourth-order valence-electron chi connectivity index (χ4n) is 2.89. The van der Waals surface area contributed by atoms with E-state index in [1.54, 1.807) is 12.1 Å². The SMILES string of the molecule is CCCN(Cc1ccc(Cl)c(F)c1)CC1CCCNC1. The van der Waals surface area contributed by atoms with Crippen LogP contribution in [0.1, 0.15) is 31.7 Å². The van der Waals surface area contributed by atoms with E-state index in [1.807, 2.05) is 6.07 Å². The van der Waals surface area contributed by atoms with Crippen LogP contribution in [0.2, 0.25) is 5.02 Å². The highest BCUT2D eigenvalue weighted by Gasteiger charge is 2.17. The van der Waals surface area contributed by atoms with Crippen LogP contribution in [0, 0.1) is 11.7 Å². The molecule has 2 rings (SSSR count). The third-order valence-corrected chi connectivity index (χ3v) is 4.15. The summed E-state index contributed by atoms with van der Waals surface area (Å²) in [5, 5.41) is 3.66. The van der Waals surface area contributed by atoms with E-state index in [2.05, 4.69) is 17.1 Å². The van der Waals surface area contributed by atoms with Gasteiger partial charge in [-0.3, -0.25) is 4.90 Å². The van der Waals surface area contributed by atoms with Gasteiger partial charge in [-0.05, 0) is 62.5 Å². The lowest BCUT2D eigenvalue weighted by Gasteiger charge is -2.30. The number of benzene rings is 1. The number of rotatable bonds is 6. The Hall–Kier alpha value is -0.640. The molecular weight excluding hydrogens is 275 g/mol. The van der Waals surface area contributed by atoms with Crippen LogP contribution in [-0.2, 0) is 6.54 Å². The number of nitrogens with zero attached hydrogens (tertiary/aromatic N) is 1. The average Bonchev–Trinajstić information content (AvgIpc) is 2.44. The summed E-state index contributed by atoms with van der Waals surface area (Å²) >= 11 is 5.74. The topological polar surface area (TPSA) is 15.3 Å². The third kappa shape index (κ3) is 4.72. The maximum atomic E-state index is 13.5. The first-order valence-corrected chi connectivity index (χ1v) is 7.94. The molecule has 0 bridgehead atoms. The summed E-state index contributed by atoms with van der Waals surface area (Å²) in [5.41, 5.74) is 1.00. The van der Waals surface area contributed by atoms with Crippen LogP contribution in [0.25, 0.3) is 0 Å². The van der Waals surface area contributed by atoms with Crippen molar-refractivity contribution in [3.8, 4) is 0 Å². The Bertz CT molecular complexity index is 419. The van der Waals surface area contributed by atoms with Crippen molar-refractivity contribution in [2.45, 2.75) is 32.7 Å². The fraction of sp³-hybridized carbons (Fsp3) is 0.625. The van der Waals surface area contributed by atoms with E-state index in [9.17, 15) is 4.39 Å². The number of nitrogens with one attached hydrogen (secondary N) is 1. The van der Waals surface area contributed by atoms with E-state index < -0.39 is 0 Å². The quantitative estimate of drug-likeness (QED) is 0.861. The van der Waals surface area contributed by atoms with Crippen LogP contribution in [0.4, 0.5) is 4.39 Å². The highest BCUT2D eigenvalue weighted by molar-refractivity contribution is 6.30. The van der Waals surface area contributed by atoms with Crippen molar-refractivity contribution in [1.82, 2.24) is 10.2 Å². The van der Waals surface area contributed by atoms with Gasteiger partial charge in [-0.15, -0.1) is 0 Å². The van der Waals surface area contributed by atoms with Crippen LogP contribution >= 0.6 is 11.6 Å². The molecule has 1 fully saturated rings. The molecule has 1 heterocycles. The summed E-state index contributed by atoms with van der Waals surface area (Å²) in [6.45, 7) is 7.39. The molecule has 1 atom stereocenters. The Kier molecular flexibility index (Phi) is 6.27. The van der Waals surface area contributed by atoms with E-state index in [0.717, 1.165) is 44.7 Å². The molecule has 20 heavy (non-hydrogen) atoms. The predicted octanol–water partition coefficient (Wildman–Crippen LogP) is 3.69. The van der Waals surface area contributed by atoms with Gasteiger partial charge < -0.3 is 5.32 Å². The molecule has 1 saturated heterocycles. The minimum Gasteiger partial charge on any atom is -0.316 e. The standard InChI is InChI=1S/C16H24ClFN2/c1-2-8-20(12-14-4-3-7-19-10-14)11-13-5-6-15(17)16(18)9-13/h5-6,9,14,19H,2-4,7-8,10-12H2,1H3. The van der Waals surface area contributed by atoms with Gasteiger partial charge in [-0.1, -0.05) is 24.6 Å². The summed E-state index contributed by atoms with van der Waals surface area (Å²) in [6.07, 6.45) is 3.68. The lowest BCUT2D eigenvalue weighted by Crippen LogP contribution is -2.38. The molecule has 4 heteroatoms. The van der Waals surface area contributed by atoms with E-state index >= 15 is 0 Å². The molecule has 2 nitrogen and oxygen atoms in total. The lowest BCUT2D eigenvalue weighted by atomic mass is 9.98. The smallest absolute Gasteiger partial charge is 0.142 e. The maximum absolute atomic E-state index is 13.5. The number of halogens is 2. The highest BCUT2D eigenvalue weighted by atomic mass is 35.5. The minimum absolute atomic E-state index is 0.201. The second kappa shape index (κ2) is 7.96. The van der Waals surface area contributed by atoms with Crippen molar-refractivity contribution >= 4 is 11.6 Å². The van der Waals surface area contributed by atoms with Gasteiger partial charge in [0, 0.05) is 13.1 Å². The van der Waals surface area contributed by atoms with Crippen LogP contribution < -0.4 is 5.32 Å². The van der Waals surface area contributed by atoms with Crippen LogP contribution in [0.15, 0.2) is 18.2 Å². The first-order chi connectivity index (χ1) is 9.69. The van der Waals surface area contributed by atoms with Gasteiger partial charge in [0.2, 0.25) is 0 Å². The Morgan fingerprint density at radius 3 is 2.95 bits per heavy atom. The number of piperidine rings is 1. The van der Waals surface area contributed by atoms with Gasteiger partial charge in [0.15, 0.2) is 0 Å². The van der Waals surface area contributed by atoms with Gasteiger partial charge in [0.05, 0.1) is 5.02 Å². The van der Waals surface area contributed by atoms with Crippen molar-refractivity contribution in [2.24, 2.45) is 5.92 Å². The molecule has 0 aliphatic carbocycles. The van der Waals surface area contributed by atoms with Crippen molar-refractivity contribution in [3.05, 3.63) is 34.6 Å². The Morgan fingerprint density at radius 2 is 2.30 bits per heavy atom. The lowest BCUT2D eigenvalue weighted by molar-refractivity contribution is 0.201. The van der Waals surface area contributed by atoms with Crippen LogP contribution in [0.5, 0.6) is 0 Å². The molecule has 0 saturated carbocycles. The first-order valence-electron chi connectivity index (χ1n) is 7.56. The molecule has 0 spiro atoms. The minimum atomic E-state index is -0.319. The van der Waals surface area contributed by atoms with Gasteiger partial charge in [-0.2, -0.15) is 0 Å². The maximum Gasteiger partial charge on any atom is 0.142 e. The second-order valence-electron chi connectivity index (χ2n) is 5.70. The zero-order chi connectivity index (χ0) is 14.4. The van der Waals surface area contributed by atoms with E-state index in [0.29, 0.717) is 5.92 Å². The molecule has 1 unspecified atom stereocenters. The molecule has 1 aliphatic rings.